The summed E-state index contributed by atoms with van der Waals surface area (Å²) in [5.74, 6) is 0.819. The van der Waals surface area contributed by atoms with Gasteiger partial charge in [0.05, 0.1) is 15.9 Å². The Labute approximate surface area is 175 Å². The summed E-state index contributed by atoms with van der Waals surface area (Å²) in [6.07, 6.45) is 0. The van der Waals surface area contributed by atoms with Crippen LogP contribution in [0.3, 0.4) is 0 Å². The number of nitrogens with two attached hydrogens (primary N) is 1. The molecule has 0 amide bonds. The summed E-state index contributed by atoms with van der Waals surface area (Å²) in [4.78, 5) is 27.7. The topological polar surface area (TPSA) is 109 Å². The standard InChI is InChI=1S/C20H18N6OS2/c1-12-6-8-13(9-7-12)22-18(21)26-19-23-14(10-17(27)25-19)11-28-20-24-15-4-2-3-5-16(15)29-20/h2-10H,11H2,1H3,(H4,21,22,23,25,26,27). The van der Waals surface area contributed by atoms with Crippen molar-refractivity contribution in [2.45, 2.75) is 17.0 Å². The summed E-state index contributed by atoms with van der Waals surface area (Å²) in [7, 11) is 0. The lowest BCUT2D eigenvalue weighted by molar-refractivity contribution is 1.04. The number of aromatic amines is 1. The van der Waals surface area contributed by atoms with E-state index >= 15 is 0 Å². The first-order chi connectivity index (χ1) is 14.0. The van der Waals surface area contributed by atoms with Crippen LogP contribution < -0.4 is 16.6 Å². The highest BCUT2D eigenvalue weighted by molar-refractivity contribution is 8.00. The summed E-state index contributed by atoms with van der Waals surface area (Å²) >= 11 is 3.15. The lowest BCUT2D eigenvalue weighted by Gasteiger charge is -2.06. The Bertz CT molecular complexity index is 1200. The number of para-hydroxylation sites is 1. The van der Waals surface area contributed by atoms with Crippen molar-refractivity contribution in [2.75, 3.05) is 5.32 Å². The number of aliphatic imine (C=N–C) groups is 1. The number of anilines is 1. The van der Waals surface area contributed by atoms with Crippen LogP contribution in [0.2, 0.25) is 0 Å². The molecule has 9 heteroatoms. The average Bonchev–Trinajstić information content (AvgIpc) is 3.11. The van der Waals surface area contributed by atoms with Gasteiger partial charge < -0.3 is 11.1 Å². The fraction of sp³-hybridized carbons (Fsp3) is 0.100. The molecule has 0 bridgehead atoms. The second kappa shape index (κ2) is 8.46. The number of rotatable bonds is 5. The monoisotopic (exact) mass is 422 g/mol. The number of benzene rings is 2. The summed E-state index contributed by atoms with van der Waals surface area (Å²) in [5, 5.41) is 2.98. The number of nitrogens with zero attached hydrogens (tertiary/aromatic N) is 3. The predicted molar refractivity (Wildman–Crippen MR) is 120 cm³/mol. The third kappa shape index (κ3) is 5.01. The molecule has 4 rings (SSSR count). The van der Waals surface area contributed by atoms with Gasteiger partial charge in [0.2, 0.25) is 11.9 Å². The van der Waals surface area contributed by atoms with Crippen LogP contribution in [0.15, 0.2) is 68.7 Å². The van der Waals surface area contributed by atoms with Crippen LogP contribution in [0.5, 0.6) is 0 Å². The van der Waals surface area contributed by atoms with Crippen LogP contribution in [-0.4, -0.2) is 20.9 Å². The number of guanidine groups is 1. The van der Waals surface area contributed by atoms with E-state index in [9.17, 15) is 4.79 Å². The number of hydrogen-bond donors (Lipinski definition) is 3. The van der Waals surface area contributed by atoms with Crippen molar-refractivity contribution in [3.63, 3.8) is 0 Å². The molecule has 0 fully saturated rings. The van der Waals surface area contributed by atoms with Gasteiger partial charge in [-0.25, -0.2) is 9.97 Å². The van der Waals surface area contributed by atoms with Gasteiger partial charge in [-0.2, -0.15) is 4.99 Å². The molecule has 29 heavy (non-hydrogen) atoms. The number of fused-ring (bicyclic) bond motifs is 1. The highest BCUT2D eigenvalue weighted by atomic mass is 32.2. The van der Waals surface area contributed by atoms with E-state index in [1.807, 2.05) is 55.5 Å². The first kappa shape index (κ1) is 19.2. The van der Waals surface area contributed by atoms with Crippen LogP contribution in [0.1, 0.15) is 11.3 Å². The van der Waals surface area contributed by atoms with E-state index in [-0.39, 0.29) is 17.5 Å². The first-order valence-electron chi connectivity index (χ1n) is 8.82. The van der Waals surface area contributed by atoms with E-state index < -0.39 is 0 Å². The van der Waals surface area contributed by atoms with Gasteiger partial charge in [-0.3, -0.25) is 9.78 Å². The number of nitrogens with one attached hydrogen (secondary N) is 2. The second-order valence-electron chi connectivity index (χ2n) is 6.28. The van der Waals surface area contributed by atoms with E-state index in [0.29, 0.717) is 11.4 Å². The lowest BCUT2D eigenvalue weighted by atomic mass is 10.2. The Kier molecular flexibility index (Phi) is 5.59. The largest absolute Gasteiger partial charge is 0.369 e. The molecule has 146 valence electrons. The molecule has 2 aromatic heterocycles. The van der Waals surface area contributed by atoms with Crippen LogP contribution in [0, 0.1) is 6.92 Å². The second-order valence-corrected chi connectivity index (χ2v) is 8.54. The lowest BCUT2D eigenvalue weighted by Crippen LogP contribution is -2.22. The number of H-pyrrole nitrogens is 1. The molecule has 0 aliphatic heterocycles. The summed E-state index contributed by atoms with van der Waals surface area (Å²) in [6.45, 7) is 2.01. The van der Waals surface area contributed by atoms with Crippen molar-refractivity contribution >= 4 is 50.9 Å². The Morgan fingerprint density at radius 3 is 2.79 bits per heavy atom. The zero-order chi connectivity index (χ0) is 20.2. The molecule has 4 aromatic rings. The highest BCUT2D eigenvalue weighted by Gasteiger charge is 2.07. The smallest absolute Gasteiger partial charge is 0.252 e. The SMILES string of the molecule is Cc1ccc(N/C(N)=N/c2nc(CSc3nc4ccccc4s3)cc(=O)[nH]2)cc1. The fourth-order valence-corrected chi connectivity index (χ4v) is 4.56. The van der Waals surface area contributed by atoms with Crippen molar-refractivity contribution in [3.8, 4) is 0 Å². The Hall–Kier alpha value is -3.17. The van der Waals surface area contributed by atoms with Crippen LogP contribution in [-0.2, 0) is 5.75 Å². The van der Waals surface area contributed by atoms with Crippen LogP contribution in [0.25, 0.3) is 10.2 Å². The maximum atomic E-state index is 12.0. The number of thioether (sulfide) groups is 1. The van der Waals surface area contributed by atoms with Crippen molar-refractivity contribution in [2.24, 2.45) is 10.7 Å². The number of aryl methyl sites for hydroxylation is 1. The summed E-state index contributed by atoms with van der Waals surface area (Å²) < 4.78 is 2.06. The third-order valence-electron chi connectivity index (χ3n) is 3.95. The van der Waals surface area contributed by atoms with Gasteiger partial charge in [0.1, 0.15) is 0 Å². The fourth-order valence-electron chi connectivity index (χ4n) is 2.60. The van der Waals surface area contributed by atoms with Crippen molar-refractivity contribution in [1.29, 1.82) is 0 Å². The molecule has 4 N–H and O–H groups in total. The van der Waals surface area contributed by atoms with Gasteiger partial charge in [0.15, 0.2) is 4.34 Å². The number of aromatic nitrogens is 3. The zero-order valence-corrected chi connectivity index (χ0v) is 17.2. The van der Waals surface area contributed by atoms with Gasteiger partial charge in [0.25, 0.3) is 5.56 Å². The predicted octanol–water partition coefficient (Wildman–Crippen LogP) is 4.04. The number of hydrogen-bond acceptors (Lipinski definition) is 6. The van der Waals surface area contributed by atoms with Gasteiger partial charge in [-0.15, -0.1) is 11.3 Å². The van der Waals surface area contributed by atoms with Gasteiger partial charge in [-0.05, 0) is 31.2 Å². The Morgan fingerprint density at radius 1 is 1.21 bits per heavy atom. The van der Waals surface area contributed by atoms with Gasteiger partial charge in [0, 0.05) is 17.5 Å². The van der Waals surface area contributed by atoms with Crippen molar-refractivity contribution in [1.82, 2.24) is 15.0 Å². The molecule has 0 aliphatic carbocycles. The van der Waals surface area contributed by atoms with E-state index in [1.165, 1.54) is 17.8 Å². The molecule has 0 saturated heterocycles. The summed E-state index contributed by atoms with van der Waals surface area (Å²) in [5.41, 5.74) is 9.21. The molecule has 2 aromatic carbocycles. The molecule has 0 saturated carbocycles. The van der Waals surface area contributed by atoms with Gasteiger partial charge in [-0.1, -0.05) is 41.6 Å². The zero-order valence-electron chi connectivity index (χ0n) is 15.5. The quantitative estimate of drug-likeness (QED) is 0.254. The molecular weight excluding hydrogens is 404 g/mol. The van der Waals surface area contributed by atoms with E-state index in [0.717, 1.165) is 25.8 Å². The molecule has 0 atom stereocenters. The number of thiazole rings is 1. The van der Waals surface area contributed by atoms with E-state index in [4.69, 9.17) is 5.73 Å². The van der Waals surface area contributed by atoms with Crippen molar-refractivity contribution in [3.05, 3.63) is 76.2 Å². The minimum absolute atomic E-state index is 0.146. The molecule has 7 nitrogen and oxygen atoms in total. The first-order valence-corrected chi connectivity index (χ1v) is 10.6. The maximum absolute atomic E-state index is 12.0. The minimum Gasteiger partial charge on any atom is -0.369 e. The normalized spacial score (nSPS) is 11.7. The minimum atomic E-state index is -0.276. The van der Waals surface area contributed by atoms with E-state index in [2.05, 4.69) is 25.3 Å². The molecule has 0 unspecified atom stereocenters. The molecule has 0 spiro atoms. The Morgan fingerprint density at radius 2 is 2.00 bits per heavy atom. The average molecular weight is 423 g/mol. The molecule has 0 aliphatic rings. The third-order valence-corrected chi connectivity index (χ3v) is 6.16. The summed E-state index contributed by atoms with van der Waals surface area (Å²) in [6, 6.07) is 17.2. The van der Waals surface area contributed by atoms with Crippen LogP contribution >= 0.6 is 23.1 Å². The molecule has 0 radical (unpaired) electrons. The molecular formula is C20H18N6OS2. The van der Waals surface area contributed by atoms with E-state index in [1.54, 1.807) is 11.3 Å². The van der Waals surface area contributed by atoms with Crippen LogP contribution in [0.4, 0.5) is 11.6 Å². The maximum Gasteiger partial charge on any atom is 0.252 e. The van der Waals surface area contributed by atoms with Gasteiger partial charge >= 0.3 is 0 Å². The Balaban J connectivity index is 1.47. The van der Waals surface area contributed by atoms with Crippen molar-refractivity contribution < 1.29 is 0 Å². The molecule has 2 heterocycles. The highest BCUT2D eigenvalue weighted by Crippen LogP contribution is 2.30.